The normalized spacial score (nSPS) is 24.0. The zero-order chi connectivity index (χ0) is 10.2. The van der Waals surface area contributed by atoms with Crippen LogP contribution in [0.2, 0.25) is 0 Å². The summed E-state index contributed by atoms with van der Waals surface area (Å²) in [5.41, 5.74) is 0. The third-order valence-corrected chi connectivity index (χ3v) is 3.62. The minimum atomic E-state index is 1.01. The zero-order valence-corrected chi connectivity index (χ0v) is 10.1. The van der Waals surface area contributed by atoms with Crippen molar-refractivity contribution in [1.82, 2.24) is 0 Å². The molecule has 14 heavy (non-hydrogen) atoms. The highest BCUT2D eigenvalue weighted by Gasteiger charge is 2.23. The Hall–Kier alpha value is 0. The van der Waals surface area contributed by atoms with Crippen LogP contribution in [0, 0.1) is 11.8 Å². The fourth-order valence-electron chi connectivity index (χ4n) is 2.78. The van der Waals surface area contributed by atoms with Crippen LogP contribution in [0.15, 0.2) is 0 Å². The monoisotopic (exact) mass is 195 g/mol. The standard InChI is InChI=1S/C14H27/c1-3-5-6-10-14-12-8-7-11-13(14)9-4-2/h13H,3-12H2,1-2H3. The molecule has 0 spiro atoms. The molecule has 0 saturated heterocycles. The lowest BCUT2D eigenvalue weighted by Crippen LogP contribution is -2.17. The molecular formula is C14H27. The second kappa shape index (κ2) is 7.31. The van der Waals surface area contributed by atoms with Crippen LogP contribution < -0.4 is 0 Å². The predicted octanol–water partition coefficient (Wildman–Crippen LogP) is 5.13. The van der Waals surface area contributed by atoms with Crippen molar-refractivity contribution in [3.05, 3.63) is 5.92 Å². The minimum absolute atomic E-state index is 1.01. The van der Waals surface area contributed by atoms with Gasteiger partial charge in [0.05, 0.1) is 0 Å². The van der Waals surface area contributed by atoms with Crippen molar-refractivity contribution in [2.24, 2.45) is 5.92 Å². The Morgan fingerprint density at radius 2 is 1.93 bits per heavy atom. The Balaban J connectivity index is 2.22. The molecule has 0 aromatic heterocycles. The van der Waals surface area contributed by atoms with E-state index in [9.17, 15) is 0 Å². The lowest BCUT2D eigenvalue weighted by atomic mass is 9.75. The van der Waals surface area contributed by atoms with Gasteiger partial charge in [-0.1, -0.05) is 58.8 Å². The van der Waals surface area contributed by atoms with E-state index in [1.165, 1.54) is 64.2 Å². The van der Waals surface area contributed by atoms with Crippen LogP contribution in [0.3, 0.4) is 0 Å². The summed E-state index contributed by atoms with van der Waals surface area (Å²) in [6.07, 6.45) is 14.4. The molecule has 1 rings (SSSR count). The van der Waals surface area contributed by atoms with Crippen molar-refractivity contribution in [1.29, 1.82) is 0 Å². The van der Waals surface area contributed by atoms with E-state index >= 15 is 0 Å². The van der Waals surface area contributed by atoms with E-state index in [0.717, 1.165) is 5.92 Å². The molecule has 0 amide bonds. The van der Waals surface area contributed by atoms with Crippen molar-refractivity contribution in [3.8, 4) is 0 Å². The van der Waals surface area contributed by atoms with Gasteiger partial charge in [0, 0.05) is 0 Å². The zero-order valence-electron chi connectivity index (χ0n) is 10.1. The second-order valence-corrected chi connectivity index (χ2v) is 4.85. The van der Waals surface area contributed by atoms with Crippen LogP contribution in [0.1, 0.15) is 78.1 Å². The first-order chi connectivity index (χ1) is 6.88. The molecule has 0 heteroatoms. The Bertz CT molecular complexity index is 126. The van der Waals surface area contributed by atoms with Crippen LogP contribution in [-0.4, -0.2) is 0 Å². The Labute approximate surface area is 90.5 Å². The van der Waals surface area contributed by atoms with Gasteiger partial charge in [0.25, 0.3) is 0 Å². The Morgan fingerprint density at radius 1 is 1.07 bits per heavy atom. The molecule has 0 nitrogen and oxygen atoms in total. The average molecular weight is 195 g/mol. The summed E-state index contributed by atoms with van der Waals surface area (Å²) in [4.78, 5) is 0. The molecule has 0 bridgehead atoms. The highest BCUT2D eigenvalue weighted by Crippen LogP contribution is 2.37. The average Bonchev–Trinajstić information content (AvgIpc) is 2.21. The van der Waals surface area contributed by atoms with Gasteiger partial charge in [-0.25, -0.2) is 0 Å². The fraction of sp³-hybridized carbons (Fsp3) is 0.929. The molecule has 0 aromatic carbocycles. The number of hydrogen-bond acceptors (Lipinski definition) is 0. The SMILES string of the molecule is CCCCC[C]1CCCCC1CCC. The van der Waals surface area contributed by atoms with E-state index in [1.54, 1.807) is 0 Å². The third-order valence-electron chi connectivity index (χ3n) is 3.62. The van der Waals surface area contributed by atoms with Crippen molar-refractivity contribution in [3.63, 3.8) is 0 Å². The maximum atomic E-state index is 2.33. The van der Waals surface area contributed by atoms with Crippen molar-refractivity contribution < 1.29 is 0 Å². The highest BCUT2D eigenvalue weighted by atomic mass is 14.3. The van der Waals surface area contributed by atoms with Gasteiger partial charge in [-0.05, 0) is 31.1 Å². The molecule has 83 valence electrons. The summed E-state index contributed by atoms with van der Waals surface area (Å²) in [5, 5.41) is 0. The molecular weight excluding hydrogens is 168 g/mol. The van der Waals surface area contributed by atoms with E-state index in [4.69, 9.17) is 0 Å². The first-order valence-corrected chi connectivity index (χ1v) is 6.73. The topological polar surface area (TPSA) is 0 Å². The van der Waals surface area contributed by atoms with E-state index in [2.05, 4.69) is 13.8 Å². The van der Waals surface area contributed by atoms with Crippen LogP contribution in [-0.2, 0) is 0 Å². The Morgan fingerprint density at radius 3 is 2.64 bits per heavy atom. The number of unbranched alkanes of at least 4 members (excludes halogenated alkanes) is 2. The number of rotatable bonds is 6. The summed E-state index contributed by atoms with van der Waals surface area (Å²) in [5.74, 6) is 2.93. The summed E-state index contributed by atoms with van der Waals surface area (Å²) in [6, 6.07) is 0. The molecule has 1 atom stereocenters. The van der Waals surface area contributed by atoms with Gasteiger partial charge in [0.15, 0.2) is 0 Å². The summed E-state index contributed by atoms with van der Waals surface area (Å²) in [7, 11) is 0. The predicted molar refractivity (Wildman–Crippen MR) is 64.3 cm³/mol. The maximum Gasteiger partial charge on any atom is -0.0210 e. The van der Waals surface area contributed by atoms with Gasteiger partial charge in [0.1, 0.15) is 0 Å². The fourth-order valence-corrected chi connectivity index (χ4v) is 2.78. The quantitative estimate of drug-likeness (QED) is 0.515. The molecule has 0 aromatic rings. The van der Waals surface area contributed by atoms with Gasteiger partial charge < -0.3 is 0 Å². The van der Waals surface area contributed by atoms with Crippen LogP contribution in [0.5, 0.6) is 0 Å². The molecule has 0 heterocycles. The molecule has 1 fully saturated rings. The van der Waals surface area contributed by atoms with E-state index in [-0.39, 0.29) is 0 Å². The molecule has 1 aliphatic rings. The maximum absolute atomic E-state index is 2.33. The Kier molecular flexibility index (Phi) is 6.31. The third kappa shape index (κ3) is 4.02. The van der Waals surface area contributed by atoms with E-state index in [1.807, 2.05) is 5.92 Å². The van der Waals surface area contributed by atoms with E-state index in [0.29, 0.717) is 0 Å². The molecule has 1 saturated carbocycles. The van der Waals surface area contributed by atoms with E-state index < -0.39 is 0 Å². The molecule has 1 radical (unpaired) electrons. The van der Waals surface area contributed by atoms with Gasteiger partial charge in [-0.2, -0.15) is 0 Å². The smallest absolute Gasteiger partial charge is 0.0210 e. The molecule has 0 aliphatic heterocycles. The molecule has 1 unspecified atom stereocenters. The summed E-state index contributed by atoms with van der Waals surface area (Å²) >= 11 is 0. The van der Waals surface area contributed by atoms with Crippen molar-refractivity contribution in [2.45, 2.75) is 78.1 Å². The number of hydrogen-bond donors (Lipinski definition) is 0. The summed E-state index contributed by atoms with van der Waals surface area (Å²) < 4.78 is 0. The van der Waals surface area contributed by atoms with Crippen molar-refractivity contribution in [2.75, 3.05) is 0 Å². The van der Waals surface area contributed by atoms with Crippen LogP contribution in [0.25, 0.3) is 0 Å². The minimum Gasteiger partial charge on any atom is -0.0654 e. The second-order valence-electron chi connectivity index (χ2n) is 4.85. The highest BCUT2D eigenvalue weighted by molar-refractivity contribution is 4.98. The van der Waals surface area contributed by atoms with Crippen LogP contribution in [0.4, 0.5) is 0 Å². The largest absolute Gasteiger partial charge is 0.0654 e. The first kappa shape index (κ1) is 12.1. The van der Waals surface area contributed by atoms with Gasteiger partial charge >= 0.3 is 0 Å². The van der Waals surface area contributed by atoms with Gasteiger partial charge in [-0.15, -0.1) is 0 Å². The molecule has 0 N–H and O–H groups in total. The van der Waals surface area contributed by atoms with Gasteiger partial charge in [-0.3, -0.25) is 0 Å². The van der Waals surface area contributed by atoms with Crippen LogP contribution >= 0.6 is 0 Å². The lowest BCUT2D eigenvalue weighted by molar-refractivity contribution is 0.347. The first-order valence-electron chi connectivity index (χ1n) is 6.73. The lowest BCUT2D eigenvalue weighted by Gasteiger charge is -2.31. The molecule has 1 aliphatic carbocycles. The van der Waals surface area contributed by atoms with Crippen molar-refractivity contribution >= 4 is 0 Å². The summed E-state index contributed by atoms with van der Waals surface area (Å²) in [6.45, 7) is 4.63. The van der Waals surface area contributed by atoms with Gasteiger partial charge in [0.2, 0.25) is 0 Å².